The Balaban J connectivity index is 1.19. The van der Waals surface area contributed by atoms with Crippen LogP contribution in [0.4, 0.5) is 4.39 Å². The molecule has 9 heteroatoms. The lowest BCUT2D eigenvalue weighted by molar-refractivity contribution is 0.364. The average Bonchev–Trinajstić information content (AvgIpc) is 3.21. The van der Waals surface area contributed by atoms with Crippen molar-refractivity contribution in [3.63, 3.8) is 0 Å². The summed E-state index contributed by atoms with van der Waals surface area (Å²) in [7, 11) is 1.76. The van der Waals surface area contributed by atoms with E-state index in [1.165, 1.54) is 16.5 Å². The van der Waals surface area contributed by atoms with Gasteiger partial charge in [0.1, 0.15) is 19.0 Å². The number of aryl methyl sites for hydroxylation is 1. The molecule has 162 valence electrons. The Morgan fingerprint density at radius 1 is 1.28 bits per heavy atom. The maximum Gasteiger partial charge on any atom is 0.280 e. The van der Waals surface area contributed by atoms with Crippen LogP contribution in [0.1, 0.15) is 48.3 Å². The summed E-state index contributed by atoms with van der Waals surface area (Å²) in [5, 5.41) is 4.17. The molecule has 2 aliphatic carbocycles. The van der Waals surface area contributed by atoms with Crippen molar-refractivity contribution in [2.45, 2.75) is 32.0 Å². The van der Waals surface area contributed by atoms with Crippen LogP contribution in [-0.4, -0.2) is 29.2 Å². The van der Waals surface area contributed by atoms with Crippen molar-refractivity contribution in [2.75, 3.05) is 0 Å². The van der Waals surface area contributed by atoms with Gasteiger partial charge in [0.25, 0.3) is 5.56 Å². The molecular formula is C23H21FN6O2. The van der Waals surface area contributed by atoms with Crippen LogP contribution in [0.2, 0.25) is 0 Å². The van der Waals surface area contributed by atoms with E-state index in [9.17, 15) is 9.18 Å². The molecule has 6 rings (SSSR count). The number of allylic oxidation sites excluding steroid dienone is 2. The lowest BCUT2D eigenvalue weighted by atomic mass is 9.98. The van der Waals surface area contributed by atoms with E-state index in [1.807, 2.05) is 24.3 Å². The summed E-state index contributed by atoms with van der Waals surface area (Å²) in [6.07, 6.45) is 5.23. The Morgan fingerprint density at radius 2 is 2.12 bits per heavy atom. The van der Waals surface area contributed by atoms with Gasteiger partial charge in [-0.05, 0) is 47.9 Å². The second-order valence-electron chi connectivity index (χ2n) is 8.66. The lowest BCUT2D eigenvalue weighted by Crippen LogP contribution is -2.22. The summed E-state index contributed by atoms with van der Waals surface area (Å²) in [5.41, 5.74) is 3.70. The number of benzene rings is 1. The van der Waals surface area contributed by atoms with E-state index in [2.05, 4.69) is 26.2 Å². The van der Waals surface area contributed by atoms with Crippen LogP contribution in [0, 0.1) is 11.8 Å². The molecule has 1 aromatic carbocycles. The number of nitrogens with zero attached hydrogens (tertiary/aromatic N) is 6. The van der Waals surface area contributed by atoms with Gasteiger partial charge in [0.05, 0.1) is 6.33 Å². The van der Waals surface area contributed by atoms with Gasteiger partial charge in [0.15, 0.2) is 17.0 Å². The molecule has 0 N–H and O–H groups in total. The van der Waals surface area contributed by atoms with Gasteiger partial charge >= 0.3 is 0 Å². The van der Waals surface area contributed by atoms with Gasteiger partial charge in [-0.2, -0.15) is 4.98 Å². The standard InChI is InChI=1S/C23H21FN6O2/c1-12(24)13-4-3-5-14(6-13)15-7-16-17(8-15)19(16)21-27-18(32-28-21)9-30-11-26-22-20(23(30)31)29(2)10-25-22/h3-7,10-12,16-17,19H,8-9H2,1-2H3/t12?,16-,17+,19+/m0/s1. The fourth-order valence-electron chi connectivity index (χ4n) is 4.81. The Morgan fingerprint density at radius 3 is 2.91 bits per heavy atom. The zero-order valence-electron chi connectivity index (χ0n) is 17.6. The summed E-state index contributed by atoms with van der Waals surface area (Å²) >= 11 is 0. The molecule has 3 heterocycles. The second kappa shape index (κ2) is 6.94. The second-order valence-corrected chi connectivity index (χ2v) is 8.66. The number of fused-ring (bicyclic) bond motifs is 2. The van der Waals surface area contributed by atoms with Gasteiger partial charge in [0, 0.05) is 13.0 Å². The van der Waals surface area contributed by atoms with Crippen LogP contribution >= 0.6 is 0 Å². The monoisotopic (exact) mass is 432 g/mol. The highest BCUT2D eigenvalue weighted by Gasteiger charge is 2.55. The molecule has 0 radical (unpaired) electrons. The zero-order chi connectivity index (χ0) is 22.0. The van der Waals surface area contributed by atoms with Crippen molar-refractivity contribution in [3.05, 3.63) is 76.2 Å². The first-order chi connectivity index (χ1) is 15.5. The molecule has 3 aromatic heterocycles. The van der Waals surface area contributed by atoms with Crippen molar-refractivity contribution in [3.8, 4) is 0 Å². The number of rotatable bonds is 5. The van der Waals surface area contributed by atoms with Crippen LogP contribution in [0.25, 0.3) is 16.7 Å². The third-order valence-corrected chi connectivity index (χ3v) is 6.58. The van der Waals surface area contributed by atoms with Crippen molar-refractivity contribution in [2.24, 2.45) is 18.9 Å². The molecule has 0 spiro atoms. The summed E-state index contributed by atoms with van der Waals surface area (Å²) in [6.45, 7) is 1.72. The van der Waals surface area contributed by atoms with E-state index in [0.29, 0.717) is 40.3 Å². The Labute approximate surface area is 182 Å². The number of imidazole rings is 1. The van der Waals surface area contributed by atoms with Gasteiger partial charge in [-0.3, -0.25) is 9.36 Å². The third kappa shape index (κ3) is 2.99. The van der Waals surface area contributed by atoms with Gasteiger partial charge in [-0.25, -0.2) is 14.4 Å². The molecule has 0 amide bonds. The summed E-state index contributed by atoms with van der Waals surface area (Å²) < 4.78 is 22.2. The molecule has 2 aliphatic rings. The molecule has 4 aromatic rings. The first-order valence-electron chi connectivity index (χ1n) is 10.6. The van der Waals surface area contributed by atoms with Crippen molar-refractivity contribution >= 4 is 16.7 Å². The van der Waals surface area contributed by atoms with E-state index >= 15 is 0 Å². The van der Waals surface area contributed by atoms with Crippen molar-refractivity contribution < 1.29 is 8.91 Å². The van der Waals surface area contributed by atoms with E-state index in [1.54, 1.807) is 24.9 Å². The predicted molar refractivity (Wildman–Crippen MR) is 114 cm³/mol. The highest BCUT2D eigenvalue weighted by atomic mass is 19.1. The van der Waals surface area contributed by atoms with Crippen LogP contribution in [0.5, 0.6) is 0 Å². The molecule has 1 fully saturated rings. The molecular weight excluding hydrogens is 411 g/mol. The largest absolute Gasteiger partial charge is 0.337 e. The Kier molecular flexibility index (Phi) is 4.14. The maximum atomic E-state index is 13.7. The maximum absolute atomic E-state index is 13.7. The first kappa shape index (κ1) is 19.1. The smallest absolute Gasteiger partial charge is 0.280 e. The molecule has 1 saturated carbocycles. The normalized spacial score (nSPS) is 22.7. The first-order valence-corrected chi connectivity index (χ1v) is 10.6. The molecule has 0 bridgehead atoms. The van der Waals surface area contributed by atoms with Gasteiger partial charge < -0.3 is 9.09 Å². The van der Waals surface area contributed by atoms with Gasteiger partial charge in [-0.15, -0.1) is 0 Å². The lowest BCUT2D eigenvalue weighted by Gasteiger charge is -2.09. The Hall–Kier alpha value is -3.62. The van der Waals surface area contributed by atoms with Gasteiger partial charge in [-0.1, -0.05) is 29.4 Å². The molecule has 32 heavy (non-hydrogen) atoms. The van der Waals surface area contributed by atoms with Gasteiger partial charge in [0.2, 0.25) is 5.89 Å². The summed E-state index contributed by atoms with van der Waals surface area (Å²) in [5.74, 6) is 2.10. The summed E-state index contributed by atoms with van der Waals surface area (Å²) in [4.78, 5) is 25.6. The summed E-state index contributed by atoms with van der Waals surface area (Å²) in [6, 6.07) is 7.71. The number of alkyl halides is 1. The topological polar surface area (TPSA) is 91.6 Å². The number of hydrogen-bond donors (Lipinski definition) is 0. The van der Waals surface area contributed by atoms with Crippen LogP contribution in [0.15, 0.2) is 52.3 Å². The van der Waals surface area contributed by atoms with Crippen LogP contribution in [0.3, 0.4) is 0 Å². The number of aromatic nitrogens is 6. The minimum atomic E-state index is -0.974. The molecule has 1 unspecified atom stereocenters. The van der Waals surface area contributed by atoms with Crippen molar-refractivity contribution in [1.29, 1.82) is 0 Å². The third-order valence-electron chi connectivity index (χ3n) is 6.58. The average molecular weight is 432 g/mol. The zero-order valence-corrected chi connectivity index (χ0v) is 17.6. The van der Waals surface area contributed by atoms with Crippen molar-refractivity contribution in [1.82, 2.24) is 29.2 Å². The fourth-order valence-corrected chi connectivity index (χ4v) is 4.81. The van der Waals surface area contributed by atoms with E-state index in [-0.39, 0.29) is 18.0 Å². The minimum Gasteiger partial charge on any atom is -0.337 e. The highest BCUT2D eigenvalue weighted by molar-refractivity contribution is 5.71. The molecule has 8 nitrogen and oxygen atoms in total. The predicted octanol–water partition coefficient (Wildman–Crippen LogP) is 3.41. The van der Waals surface area contributed by atoms with E-state index < -0.39 is 6.17 Å². The SMILES string of the molecule is CC(F)c1cccc(C2=C[C@H]3[C@@H](C2)[C@@H]3c2noc(Cn3cnc4ncn(C)c4c3=O)n2)c1. The fraction of sp³-hybridized carbons (Fsp3) is 0.348. The number of hydrogen-bond acceptors (Lipinski definition) is 6. The molecule has 4 atom stereocenters. The highest BCUT2D eigenvalue weighted by Crippen LogP contribution is 2.62. The molecule has 0 aliphatic heterocycles. The van der Waals surface area contributed by atoms with Crippen LogP contribution < -0.4 is 5.56 Å². The minimum absolute atomic E-state index is 0.164. The number of halogens is 1. The van der Waals surface area contributed by atoms with E-state index in [0.717, 1.165) is 12.0 Å². The Bertz CT molecular complexity index is 1430. The van der Waals surface area contributed by atoms with E-state index in [4.69, 9.17) is 4.52 Å². The molecule has 0 saturated heterocycles. The van der Waals surface area contributed by atoms with Crippen LogP contribution in [-0.2, 0) is 13.6 Å². The quantitative estimate of drug-likeness (QED) is 0.480.